The van der Waals surface area contributed by atoms with E-state index in [0.29, 0.717) is 32.4 Å². The molecule has 3 amide bonds. The van der Waals surface area contributed by atoms with Gasteiger partial charge in [0.1, 0.15) is 83.2 Å². The number of aliphatic carboxylic acids is 2. The quantitative estimate of drug-likeness (QED) is 0.0448. The average Bonchev–Trinajstić information content (AvgIpc) is 4.25. The van der Waals surface area contributed by atoms with Crippen molar-refractivity contribution in [3.8, 4) is 17.2 Å². The largest absolute Gasteiger partial charge is 0.542 e. The predicted octanol–water partition coefficient (Wildman–Crippen LogP) is 4.09. The molecular formula is C46H50F3N11O13S6. The Labute approximate surface area is 470 Å². The van der Waals surface area contributed by atoms with Crippen LogP contribution >= 0.6 is 69.3 Å². The van der Waals surface area contributed by atoms with Crippen LogP contribution in [0.5, 0.6) is 17.2 Å². The summed E-state index contributed by atoms with van der Waals surface area (Å²) in [6.07, 6.45) is -5.80. The zero-order valence-corrected chi connectivity index (χ0v) is 47.2. The SMILES string of the molecule is CC(C)(C)OC(=O)CNC(=O)[C@H]1CSC(c2nc3ccc(O)cc3s2)=N1.CC(C)(C)OC(=O)NN.O=C(O)[C@H]1CSC(c2nc3ccc(O)cc3s2)=N1.O=C([O-])C(F)(F)F.[NH3+]NC(=O)[C@H]1CSC(c2nc3ccc(O)cc3s2)=N1. The highest BCUT2D eigenvalue weighted by atomic mass is 32.2. The van der Waals surface area contributed by atoms with Gasteiger partial charge in [0.2, 0.25) is 5.91 Å². The van der Waals surface area contributed by atoms with E-state index in [1.807, 2.05) is 5.43 Å². The number of quaternary nitrogens is 1. The number of ether oxygens (including phenoxy) is 2. The van der Waals surface area contributed by atoms with Crippen molar-refractivity contribution in [2.75, 3.05) is 23.8 Å². The minimum Gasteiger partial charge on any atom is -0.542 e. The van der Waals surface area contributed by atoms with Crippen LogP contribution < -0.4 is 33.0 Å². The lowest BCUT2D eigenvalue weighted by Gasteiger charge is -2.19. The summed E-state index contributed by atoms with van der Waals surface area (Å²) in [4.78, 5) is 91.6. The number of thioether (sulfide) groups is 3. The Balaban J connectivity index is 0.000000194. The zero-order valence-electron chi connectivity index (χ0n) is 42.3. The molecule has 24 nitrogen and oxygen atoms in total. The Kier molecular flexibility index (Phi) is 21.8. The number of aromatic hydroxyl groups is 3. The minimum atomic E-state index is -5.19. The summed E-state index contributed by atoms with van der Waals surface area (Å²) < 4.78 is 44.1. The Morgan fingerprint density at radius 1 is 0.646 bits per heavy atom. The molecule has 0 saturated heterocycles. The second-order valence-corrected chi connectivity index (χ2v) is 24.0. The van der Waals surface area contributed by atoms with Gasteiger partial charge >= 0.3 is 24.2 Å². The number of nitrogens with one attached hydrogen (secondary N) is 3. The van der Waals surface area contributed by atoms with Crippen molar-refractivity contribution in [1.29, 1.82) is 0 Å². The van der Waals surface area contributed by atoms with Crippen LogP contribution in [0.4, 0.5) is 18.0 Å². The van der Waals surface area contributed by atoms with E-state index in [4.69, 9.17) is 30.3 Å². The van der Waals surface area contributed by atoms with Crippen LogP contribution in [0.1, 0.15) is 56.6 Å². The number of phenols is 3. The molecule has 0 aliphatic carbocycles. The third-order valence-electron chi connectivity index (χ3n) is 9.26. The number of halogens is 3. The molecule has 3 aromatic carbocycles. The molecule has 0 spiro atoms. The van der Waals surface area contributed by atoms with E-state index >= 15 is 0 Å². The molecule has 33 heteroatoms. The topological polar surface area (TPSA) is 390 Å². The van der Waals surface area contributed by atoms with Gasteiger partial charge in [-0.3, -0.25) is 40.6 Å². The van der Waals surface area contributed by atoms with Gasteiger partial charge in [0.25, 0.3) is 5.91 Å². The number of fused-ring (bicyclic) bond motifs is 3. The van der Waals surface area contributed by atoms with Crippen LogP contribution in [0.2, 0.25) is 0 Å². The Morgan fingerprint density at radius 2 is 1.00 bits per heavy atom. The highest BCUT2D eigenvalue weighted by Gasteiger charge is 2.31. The highest BCUT2D eigenvalue weighted by molar-refractivity contribution is 8.15. The molecule has 9 rings (SSSR count). The summed E-state index contributed by atoms with van der Waals surface area (Å²) >= 11 is 8.66. The number of benzene rings is 3. The van der Waals surface area contributed by atoms with E-state index in [1.54, 1.807) is 96.1 Å². The Morgan fingerprint density at radius 3 is 1.30 bits per heavy atom. The first-order valence-corrected chi connectivity index (χ1v) is 28.0. The second-order valence-electron chi connectivity index (χ2n) is 17.9. The van der Waals surface area contributed by atoms with Crippen LogP contribution in [-0.4, -0.2) is 146 Å². The molecule has 3 aromatic heterocycles. The lowest BCUT2D eigenvalue weighted by Crippen LogP contribution is -2.69. The summed E-state index contributed by atoms with van der Waals surface area (Å²) in [5.41, 5.74) is 5.55. The molecule has 12 N–H and O–H groups in total. The normalized spacial score (nSPS) is 16.7. The Hall–Kier alpha value is -6.88. The van der Waals surface area contributed by atoms with E-state index in [2.05, 4.69) is 46.5 Å². The number of hydrogen-bond donors (Lipinski definition) is 9. The average molecular weight is 1210 g/mol. The summed E-state index contributed by atoms with van der Waals surface area (Å²) in [7, 11) is 0. The maximum Gasteiger partial charge on any atom is 0.430 e. The van der Waals surface area contributed by atoms with Crippen molar-refractivity contribution in [1.82, 2.24) is 31.1 Å². The number of rotatable bonds is 8. The molecule has 3 aliphatic rings. The zero-order chi connectivity index (χ0) is 58.6. The number of esters is 1. The summed E-state index contributed by atoms with van der Waals surface area (Å²) in [5, 5.41) is 53.0. The van der Waals surface area contributed by atoms with Gasteiger partial charge in [-0.1, -0.05) is 0 Å². The minimum absolute atomic E-state index is 0.178. The number of hydrazine groups is 1. The van der Waals surface area contributed by atoms with Crippen LogP contribution in [0.15, 0.2) is 69.6 Å². The molecule has 0 fully saturated rings. The van der Waals surface area contributed by atoms with Crippen LogP contribution in [0.3, 0.4) is 0 Å². The van der Waals surface area contributed by atoms with Crippen LogP contribution in [0.25, 0.3) is 30.6 Å². The number of aliphatic imine (C=N–C) groups is 3. The van der Waals surface area contributed by atoms with Gasteiger partial charge in [-0.25, -0.2) is 35.8 Å². The van der Waals surface area contributed by atoms with E-state index < -0.39 is 59.5 Å². The molecule has 79 heavy (non-hydrogen) atoms. The number of amides is 3. The van der Waals surface area contributed by atoms with Crippen molar-refractivity contribution >= 4 is 151 Å². The molecule has 6 heterocycles. The number of nitrogens with two attached hydrogens (primary N) is 1. The number of carbonyl (C=O) groups excluding carboxylic acids is 5. The number of hydrogen-bond acceptors (Lipinski definition) is 25. The fraction of sp³-hybridized carbons (Fsp3) is 0.348. The molecule has 0 bridgehead atoms. The third-order valence-corrected chi connectivity index (χ3v) is 15.9. The van der Waals surface area contributed by atoms with Crippen molar-refractivity contribution in [2.45, 2.75) is 77.0 Å². The molecular weight excluding hydrogens is 1160 g/mol. The van der Waals surface area contributed by atoms with Gasteiger partial charge in [0.05, 0.1) is 30.6 Å². The fourth-order valence-electron chi connectivity index (χ4n) is 5.96. The first kappa shape index (κ1) is 63.0. The number of carbonyl (C=O) groups is 6. The summed E-state index contributed by atoms with van der Waals surface area (Å²) in [6.45, 7) is 10.4. The van der Waals surface area contributed by atoms with Crippen LogP contribution in [0, 0.1) is 0 Å². The van der Waals surface area contributed by atoms with E-state index in [1.165, 1.54) is 69.3 Å². The van der Waals surface area contributed by atoms with Gasteiger partial charge in [-0.05, 0) is 96.1 Å². The molecule has 424 valence electrons. The van der Waals surface area contributed by atoms with Crippen molar-refractivity contribution < 1.29 is 82.8 Å². The van der Waals surface area contributed by atoms with Gasteiger partial charge in [-0.2, -0.15) is 13.2 Å². The van der Waals surface area contributed by atoms with Gasteiger partial charge in [0.15, 0.2) is 6.04 Å². The predicted molar refractivity (Wildman–Crippen MR) is 294 cm³/mol. The molecule has 3 aliphatic heterocycles. The van der Waals surface area contributed by atoms with Gasteiger partial charge in [-0.15, -0.1) is 69.3 Å². The number of alkyl halides is 3. The fourth-order valence-corrected chi connectivity index (χ4v) is 12.3. The third kappa shape index (κ3) is 19.5. The maximum absolute atomic E-state index is 12.2. The van der Waals surface area contributed by atoms with Crippen molar-refractivity contribution in [3.63, 3.8) is 0 Å². The molecule has 0 radical (unpaired) electrons. The monoisotopic (exact) mass is 1210 g/mol. The number of phenolic OH excluding ortho intramolecular Hbond substituents is 3. The number of aromatic nitrogens is 3. The van der Waals surface area contributed by atoms with E-state index in [-0.39, 0.29) is 35.6 Å². The summed E-state index contributed by atoms with van der Waals surface area (Å²) in [5.74, 6) is 5.39. The molecule has 6 aromatic rings. The van der Waals surface area contributed by atoms with Crippen molar-refractivity contribution in [2.24, 2.45) is 20.8 Å². The highest BCUT2D eigenvalue weighted by Crippen LogP contribution is 2.34. The van der Waals surface area contributed by atoms with E-state index in [0.717, 1.165) is 45.7 Å². The first-order valence-electron chi connectivity index (χ1n) is 22.6. The van der Waals surface area contributed by atoms with E-state index in [9.17, 15) is 52.5 Å². The molecule has 0 saturated carbocycles. The summed E-state index contributed by atoms with van der Waals surface area (Å²) in [6, 6.07) is 13.4. The number of thiazole rings is 3. The Bertz CT molecular complexity index is 3320. The second kappa shape index (κ2) is 27.3. The van der Waals surface area contributed by atoms with Crippen LogP contribution in [-0.2, 0) is 33.4 Å². The van der Waals surface area contributed by atoms with Crippen molar-refractivity contribution in [3.05, 3.63) is 69.6 Å². The standard InChI is InChI=1S/C17H19N3O4S2.C11H10N4O2S2.C11H8N2O3S2.C5H12N2O2.C2HF3O2/c1-17(2,3)24-13(22)7-18-14(23)11-8-25-15(20-11)16-19-10-5-4-9(21)6-12(10)26-16;12-15-9(17)7-4-18-10(14-7)11-13-6-2-1-5(16)3-8(6)19-11;14-5-1-2-6-8(3-5)18-10(12-6)9-13-7(4-17-9)11(15)16;1-5(2,3)9-4(8)7-6;3-2(4,5)1(6)7/h4-6,11,21H,7-8H2,1-3H3,(H,18,23);1-3,7,16H,4,12H2,(H,15,17);1-3,7,14H,4H2,(H,15,16);6H2,1-3H3,(H,7,8);(H,6,7)/t11-;2*7-;;/m111../s1. The maximum atomic E-state index is 12.2. The molecule has 3 atom stereocenters. The van der Waals surface area contributed by atoms with Gasteiger partial charge in [0, 0.05) is 17.3 Å². The van der Waals surface area contributed by atoms with Gasteiger partial charge < -0.3 is 45.1 Å². The first-order chi connectivity index (χ1) is 36.9. The lowest BCUT2D eigenvalue weighted by atomic mass is 10.2. The lowest BCUT2D eigenvalue weighted by molar-refractivity contribution is -0.427. The smallest absolute Gasteiger partial charge is 0.430 e. The number of carboxylic acids is 2. The number of carboxylic acid groups (broad SMARTS) is 2. The number of nitrogens with zero attached hydrogens (tertiary/aromatic N) is 6. The molecule has 0 unspecified atom stereocenters.